The van der Waals surface area contributed by atoms with Gasteiger partial charge in [0.1, 0.15) is 0 Å². The summed E-state index contributed by atoms with van der Waals surface area (Å²) in [6, 6.07) is 15.6. The maximum Gasteiger partial charge on any atom is 0.268 e. The molecule has 0 spiro atoms. The first-order valence-corrected chi connectivity index (χ1v) is 11.1. The van der Waals surface area contributed by atoms with Crippen molar-refractivity contribution in [2.45, 2.75) is 38.0 Å². The molecule has 0 saturated carbocycles. The Hall–Kier alpha value is -2.60. The van der Waals surface area contributed by atoms with E-state index < -0.39 is 10.0 Å². The van der Waals surface area contributed by atoms with Crippen molar-refractivity contribution in [1.29, 1.82) is 0 Å². The summed E-state index contributed by atoms with van der Waals surface area (Å²) in [5.74, 6) is 0.0786. The lowest BCUT2D eigenvalue weighted by Gasteiger charge is -2.21. The van der Waals surface area contributed by atoms with E-state index in [9.17, 15) is 13.2 Å². The quantitative estimate of drug-likeness (QED) is 0.575. The number of rotatable bonds is 8. The number of hydrogen-bond donors (Lipinski definition) is 0. The van der Waals surface area contributed by atoms with Crippen molar-refractivity contribution < 1.29 is 13.2 Å². The summed E-state index contributed by atoms with van der Waals surface area (Å²) < 4.78 is 27.3. The molecule has 1 amide bonds. The van der Waals surface area contributed by atoms with E-state index >= 15 is 0 Å². The second-order valence-corrected chi connectivity index (χ2v) is 8.65. The fourth-order valence-corrected chi connectivity index (χ4v) is 4.82. The van der Waals surface area contributed by atoms with Gasteiger partial charge in [-0.3, -0.25) is 4.79 Å². The summed E-state index contributed by atoms with van der Waals surface area (Å²) in [6.07, 6.45) is 3.67. The van der Waals surface area contributed by atoms with Crippen LogP contribution in [0.15, 0.2) is 65.7 Å². The fraction of sp³-hybridized carbons (Fsp3) is 0.318. The summed E-state index contributed by atoms with van der Waals surface area (Å²) in [5, 5.41) is 0.795. The van der Waals surface area contributed by atoms with Gasteiger partial charge in [0, 0.05) is 24.7 Å². The van der Waals surface area contributed by atoms with Crippen molar-refractivity contribution in [3.05, 3.63) is 66.4 Å². The van der Waals surface area contributed by atoms with Gasteiger partial charge in [0.05, 0.1) is 16.8 Å². The zero-order valence-electron chi connectivity index (χ0n) is 16.3. The molecule has 3 rings (SSSR count). The number of fused-ring (bicyclic) bond motifs is 1. The first-order valence-electron chi connectivity index (χ1n) is 9.66. The number of amides is 1. The average molecular weight is 399 g/mol. The minimum absolute atomic E-state index is 0.0786. The molecule has 1 aromatic heterocycles. The van der Waals surface area contributed by atoms with Gasteiger partial charge in [0.25, 0.3) is 10.0 Å². The van der Waals surface area contributed by atoms with Gasteiger partial charge in [0.15, 0.2) is 0 Å². The molecule has 0 bridgehead atoms. The third kappa shape index (κ3) is 3.97. The summed E-state index contributed by atoms with van der Waals surface area (Å²) in [5.41, 5.74) is 1.44. The Bertz CT molecular complexity index is 1050. The highest BCUT2D eigenvalue weighted by atomic mass is 32.2. The molecular weight excluding hydrogens is 372 g/mol. The number of carbonyl (C=O) groups excluding carboxylic acids is 1. The van der Waals surface area contributed by atoms with Crippen LogP contribution < -0.4 is 0 Å². The Morgan fingerprint density at radius 1 is 0.929 bits per heavy atom. The van der Waals surface area contributed by atoms with Crippen LogP contribution in [0.25, 0.3) is 10.9 Å². The van der Waals surface area contributed by atoms with E-state index in [1.807, 2.05) is 17.0 Å². The first-order chi connectivity index (χ1) is 13.5. The Balaban J connectivity index is 1.97. The van der Waals surface area contributed by atoms with E-state index in [0.717, 1.165) is 36.9 Å². The lowest BCUT2D eigenvalue weighted by Crippen LogP contribution is -2.33. The van der Waals surface area contributed by atoms with Crippen molar-refractivity contribution in [3.63, 3.8) is 0 Å². The van der Waals surface area contributed by atoms with Gasteiger partial charge in [-0.1, -0.05) is 44.2 Å². The lowest BCUT2D eigenvalue weighted by molar-refractivity contribution is -0.130. The first kappa shape index (κ1) is 20.1. The fourth-order valence-electron chi connectivity index (χ4n) is 3.45. The largest absolute Gasteiger partial charge is 0.342 e. The van der Waals surface area contributed by atoms with Gasteiger partial charge in [0.2, 0.25) is 5.91 Å². The topological polar surface area (TPSA) is 59.4 Å². The van der Waals surface area contributed by atoms with E-state index in [-0.39, 0.29) is 17.2 Å². The highest BCUT2D eigenvalue weighted by molar-refractivity contribution is 7.90. The smallest absolute Gasteiger partial charge is 0.268 e. The average Bonchev–Trinajstić information content (AvgIpc) is 3.14. The number of carbonyl (C=O) groups is 1. The van der Waals surface area contributed by atoms with Crippen LogP contribution in [0.4, 0.5) is 0 Å². The molecule has 0 unspecified atom stereocenters. The highest BCUT2D eigenvalue weighted by Crippen LogP contribution is 2.25. The van der Waals surface area contributed by atoms with Crippen LogP contribution in [-0.4, -0.2) is 36.3 Å². The van der Waals surface area contributed by atoms with Crippen LogP contribution in [-0.2, 0) is 21.2 Å². The van der Waals surface area contributed by atoms with Gasteiger partial charge in [-0.15, -0.1) is 0 Å². The van der Waals surface area contributed by atoms with Crippen molar-refractivity contribution in [2.75, 3.05) is 13.1 Å². The summed E-state index contributed by atoms with van der Waals surface area (Å²) >= 11 is 0. The zero-order chi connectivity index (χ0) is 20.1. The summed E-state index contributed by atoms with van der Waals surface area (Å²) in [6.45, 7) is 5.61. The number of benzene rings is 2. The molecule has 3 aromatic rings. The monoisotopic (exact) mass is 398 g/mol. The van der Waals surface area contributed by atoms with Gasteiger partial charge >= 0.3 is 0 Å². The van der Waals surface area contributed by atoms with E-state index in [0.29, 0.717) is 5.52 Å². The zero-order valence-corrected chi connectivity index (χ0v) is 17.2. The van der Waals surface area contributed by atoms with E-state index in [1.165, 1.54) is 3.97 Å². The maximum absolute atomic E-state index is 13.0. The van der Waals surface area contributed by atoms with Crippen LogP contribution in [0.3, 0.4) is 0 Å². The highest BCUT2D eigenvalue weighted by Gasteiger charge is 2.20. The predicted octanol–water partition coefficient (Wildman–Crippen LogP) is 4.07. The van der Waals surface area contributed by atoms with Crippen molar-refractivity contribution >= 4 is 26.8 Å². The van der Waals surface area contributed by atoms with Crippen molar-refractivity contribution in [3.8, 4) is 0 Å². The molecule has 6 heteroatoms. The number of hydrogen-bond acceptors (Lipinski definition) is 3. The third-order valence-corrected chi connectivity index (χ3v) is 6.47. The summed E-state index contributed by atoms with van der Waals surface area (Å²) in [7, 11) is -3.68. The third-order valence-electron chi connectivity index (χ3n) is 4.77. The molecule has 0 aliphatic heterocycles. The Kier molecular flexibility index (Phi) is 6.19. The molecule has 1 heterocycles. The van der Waals surface area contributed by atoms with Crippen LogP contribution in [0.1, 0.15) is 32.3 Å². The van der Waals surface area contributed by atoms with Crippen LogP contribution in [0.2, 0.25) is 0 Å². The van der Waals surface area contributed by atoms with Gasteiger partial charge < -0.3 is 4.90 Å². The molecule has 5 nitrogen and oxygen atoms in total. The van der Waals surface area contributed by atoms with Crippen LogP contribution in [0.5, 0.6) is 0 Å². The van der Waals surface area contributed by atoms with E-state index in [4.69, 9.17) is 0 Å². The maximum atomic E-state index is 13.0. The SMILES string of the molecule is CCCN(CCC)C(=O)Cc1cccc2c1ccn2S(=O)(=O)c1ccccc1. The van der Waals surface area contributed by atoms with Crippen molar-refractivity contribution in [2.24, 2.45) is 0 Å². The lowest BCUT2D eigenvalue weighted by atomic mass is 10.1. The summed E-state index contributed by atoms with van der Waals surface area (Å²) in [4.78, 5) is 14.9. The molecule has 0 radical (unpaired) electrons. The van der Waals surface area contributed by atoms with Crippen LogP contribution >= 0.6 is 0 Å². The molecule has 28 heavy (non-hydrogen) atoms. The molecule has 2 aromatic carbocycles. The molecule has 0 N–H and O–H groups in total. The second kappa shape index (κ2) is 8.61. The normalized spacial score (nSPS) is 11.6. The van der Waals surface area contributed by atoms with Crippen LogP contribution in [0, 0.1) is 0 Å². The standard InChI is InChI=1S/C22H26N2O3S/c1-3-14-23(15-4-2)22(25)17-18-9-8-12-21-20(18)13-16-24(21)28(26,27)19-10-6-5-7-11-19/h5-13,16H,3-4,14-15,17H2,1-2H3. The molecule has 0 fully saturated rings. The van der Waals surface area contributed by atoms with E-state index in [1.54, 1.807) is 48.7 Å². The molecular formula is C22H26N2O3S. The van der Waals surface area contributed by atoms with Gasteiger partial charge in [-0.05, 0) is 42.7 Å². The molecule has 0 atom stereocenters. The molecule has 0 aliphatic rings. The molecule has 148 valence electrons. The minimum Gasteiger partial charge on any atom is -0.342 e. The van der Waals surface area contributed by atoms with E-state index in [2.05, 4.69) is 13.8 Å². The van der Waals surface area contributed by atoms with Crippen molar-refractivity contribution in [1.82, 2.24) is 8.87 Å². The predicted molar refractivity (Wildman–Crippen MR) is 112 cm³/mol. The Labute approximate surface area is 166 Å². The Morgan fingerprint density at radius 2 is 1.61 bits per heavy atom. The van der Waals surface area contributed by atoms with Gasteiger partial charge in [-0.2, -0.15) is 0 Å². The minimum atomic E-state index is -3.68. The number of aromatic nitrogens is 1. The Morgan fingerprint density at radius 3 is 2.25 bits per heavy atom. The number of nitrogens with zero attached hydrogens (tertiary/aromatic N) is 2. The second-order valence-electron chi connectivity index (χ2n) is 6.84. The molecule has 0 aliphatic carbocycles. The molecule has 0 saturated heterocycles. The van der Waals surface area contributed by atoms with Gasteiger partial charge in [-0.25, -0.2) is 12.4 Å².